The lowest BCUT2D eigenvalue weighted by atomic mass is 9.89. The third kappa shape index (κ3) is 5.78. The third-order valence-corrected chi connectivity index (χ3v) is 4.71. The average Bonchev–Trinajstić information content (AvgIpc) is 2.54. The molecule has 0 spiro atoms. The number of hydrogen-bond acceptors (Lipinski definition) is 5. The molecule has 0 unspecified atom stereocenters. The van der Waals surface area contributed by atoms with Crippen LogP contribution >= 0.6 is 0 Å². The minimum Gasteiger partial charge on any atom is -0.477 e. The minimum atomic E-state index is -0.454. The van der Waals surface area contributed by atoms with Crippen LogP contribution in [0.1, 0.15) is 59.4 Å². The highest BCUT2D eigenvalue weighted by molar-refractivity contribution is 5.68. The van der Waals surface area contributed by atoms with Gasteiger partial charge in [0, 0.05) is 18.2 Å². The number of hydrogen-bond donors (Lipinski definition) is 1. The van der Waals surface area contributed by atoms with Gasteiger partial charge < -0.3 is 20.1 Å². The van der Waals surface area contributed by atoms with Crippen LogP contribution < -0.4 is 10.5 Å². The van der Waals surface area contributed by atoms with Crippen molar-refractivity contribution in [1.29, 1.82) is 0 Å². The Kier molecular flexibility index (Phi) is 6.73. The van der Waals surface area contributed by atoms with E-state index in [4.69, 9.17) is 15.2 Å². The molecule has 2 heterocycles. The van der Waals surface area contributed by atoms with Gasteiger partial charge in [0.25, 0.3) is 0 Å². The van der Waals surface area contributed by atoms with Crippen LogP contribution in [-0.4, -0.2) is 40.8 Å². The first-order chi connectivity index (χ1) is 12.2. The Labute approximate surface area is 157 Å². The van der Waals surface area contributed by atoms with Crippen LogP contribution in [0, 0.1) is 5.92 Å². The van der Waals surface area contributed by atoms with Gasteiger partial charge in [0.15, 0.2) is 0 Å². The zero-order valence-corrected chi connectivity index (χ0v) is 16.7. The molecule has 1 aromatic heterocycles. The van der Waals surface area contributed by atoms with Crippen molar-refractivity contribution in [3.8, 4) is 5.88 Å². The number of nitrogens with zero attached hydrogens (tertiary/aromatic N) is 2. The first-order valence-corrected chi connectivity index (χ1v) is 9.56. The van der Waals surface area contributed by atoms with Gasteiger partial charge in [-0.25, -0.2) is 9.78 Å². The quantitative estimate of drug-likeness (QED) is 0.854. The predicted molar refractivity (Wildman–Crippen MR) is 103 cm³/mol. The maximum Gasteiger partial charge on any atom is 0.410 e. The zero-order valence-electron chi connectivity index (χ0n) is 16.7. The Morgan fingerprint density at radius 1 is 1.42 bits per heavy atom. The number of aryl methyl sites for hydroxylation is 1. The third-order valence-electron chi connectivity index (χ3n) is 4.71. The minimum absolute atomic E-state index is 0.185. The van der Waals surface area contributed by atoms with Crippen molar-refractivity contribution in [2.45, 2.75) is 71.9 Å². The van der Waals surface area contributed by atoms with E-state index >= 15 is 0 Å². The number of carbonyl (C=O) groups excluding carboxylic acids is 1. The van der Waals surface area contributed by atoms with Crippen LogP contribution in [0.25, 0.3) is 0 Å². The first-order valence-electron chi connectivity index (χ1n) is 9.56. The van der Waals surface area contributed by atoms with Crippen molar-refractivity contribution in [1.82, 2.24) is 9.88 Å². The largest absolute Gasteiger partial charge is 0.477 e. The highest BCUT2D eigenvalue weighted by Crippen LogP contribution is 2.27. The molecule has 1 fully saturated rings. The van der Waals surface area contributed by atoms with Crippen LogP contribution in [0.2, 0.25) is 0 Å². The van der Waals surface area contributed by atoms with E-state index in [2.05, 4.69) is 18.8 Å². The number of ether oxygens (including phenoxy) is 2. The Morgan fingerprint density at radius 3 is 2.77 bits per heavy atom. The van der Waals surface area contributed by atoms with Gasteiger partial charge in [-0.2, -0.15) is 0 Å². The predicted octanol–water partition coefficient (Wildman–Crippen LogP) is 4.03. The summed E-state index contributed by atoms with van der Waals surface area (Å²) in [5.74, 6) is 1.23. The molecule has 0 aliphatic carbocycles. The summed E-state index contributed by atoms with van der Waals surface area (Å²) in [5, 5.41) is 0. The van der Waals surface area contributed by atoms with Crippen molar-refractivity contribution in [2.75, 3.05) is 18.9 Å². The van der Waals surface area contributed by atoms with Gasteiger partial charge in [-0.15, -0.1) is 0 Å². The van der Waals surface area contributed by atoms with Crippen molar-refractivity contribution in [2.24, 2.45) is 5.92 Å². The molecule has 2 N–H and O–H groups in total. The SMILES string of the molecule is CCc1cc(N)cnc1OCC[C@@H]1CCN(C(=O)OC(C)(C)C)[C@@H](C)C1. The molecule has 0 saturated carbocycles. The van der Waals surface area contributed by atoms with E-state index in [-0.39, 0.29) is 12.1 Å². The fourth-order valence-electron chi connectivity index (χ4n) is 3.35. The van der Waals surface area contributed by atoms with E-state index in [1.807, 2.05) is 31.7 Å². The van der Waals surface area contributed by atoms with Crippen LogP contribution in [0.5, 0.6) is 5.88 Å². The smallest absolute Gasteiger partial charge is 0.410 e. The number of pyridine rings is 1. The molecule has 1 aliphatic rings. The second kappa shape index (κ2) is 8.60. The lowest BCUT2D eigenvalue weighted by molar-refractivity contribution is 0.00612. The Balaban J connectivity index is 1.80. The van der Waals surface area contributed by atoms with E-state index in [9.17, 15) is 4.79 Å². The molecule has 26 heavy (non-hydrogen) atoms. The Morgan fingerprint density at radius 2 is 2.15 bits per heavy atom. The summed E-state index contributed by atoms with van der Waals surface area (Å²) >= 11 is 0. The van der Waals surface area contributed by atoms with E-state index in [0.29, 0.717) is 24.1 Å². The van der Waals surface area contributed by atoms with Crippen LogP contribution in [-0.2, 0) is 11.2 Å². The maximum absolute atomic E-state index is 12.3. The standard InChI is InChI=1S/C20H33N3O3/c1-6-16-12-17(21)13-22-18(16)25-10-8-15-7-9-23(14(2)11-15)19(24)26-20(3,4)5/h12-15H,6-11,21H2,1-5H3/t14-,15-/m0/s1. The topological polar surface area (TPSA) is 77.7 Å². The van der Waals surface area contributed by atoms with Gasteiger partial charge in [-0.1, -0.05) is 6.92 Å². The molecule has 0 radical (unpaired) electrons. The Hall–Kier alpha value is -1.98. The molecule has 2 atom stereocenters. The normalized spacial score (nSPS) is 20.7. The molecule has 2 rings (SSSR count). The van der Waals surface area contributed by atoms with Gasteiger partial charge in [-0.3, -0.25) is 0 Å². The summed E-state index contributed by atoms with van der Waals surface area (Å²) in [6.45, 7) is 11.2. The number of amides is 1. The summed E-state index contributed by atoms with van der Waals surface area (Å²) in [7, 11) is 0. The summed E-state index contributed by atoms with van der Waals surface area (Å²) in [6.07, 6.45) is 5.18. The lowest BCUT2D eigenvalue weighted by Crippen LogP contribution is -2.46. The number of carbonyl (C=O) groups is 1. The molecule has 1 aromatic rings. The van der Waals surface area contributed by atoms with Crippen molar-refractivity contribution in [3.05, 3.63) is 17.8 Å². The highest BCUT2D eigenvalue weighted by Gasteiger charge is 2.31. The molecular weight excluding hydrogens is 330 g/mol. The van der Waals surface area contributed by atoms with Gasteiger partial charge in [0.05, 0.1) is 18.5 Å². The fraction of sp³-hybridized carbons (Fsp3) is 0.700. The zero-order chi connectivity index (χ0) is 19.3. The molecule has 0 bridgehead atoms. The first kappa shape index (κ1) is 20.3. The Bertz CT molecular complexity index is 613. The number of rotatable bonds is 5. The number of nitrogen functional groups attached to an aromatic ring is 1. The van der Waals surface area contributed by atoms with Crippen molar-refractivity contribution < 1.29 is 14.3 Å². The number of anilines is 1. The molecule has 1 saturated heterocycles. The van der Waals surface area contributed by atoms with Crippen LogP contribution in [0.3, 0.4) is 0 Å². The van der Waals surface area contributed by atoms with Crippen LogP contribution in [0.15, 0.2) is 12.3 Å². The van der Waals surface area contributed by atoms with Gasteiger partial charge in [0.2, 0.25) is 5.88 Å². The molecule has 1 amide bonds. The van der Waals surface area contributed by atoms with E-state index in [1.165, 1.54) is 0 Å². The summed E-state index contributed by atoms with van der Waals surface area (Å²) in [6, 6.07) is 2.11. The second-order valence-electron chi connectivity index (χ2n) is 8.14. The number of likely N-dealkylation sites (tertiary alicyclic amines) is 1. The van der Waals surface area contributed by atoms with E-state index in [1.54, 1.807) is 6.20 Å². The molecular formula is C20H33N3O3. The molecule has 6 heteroatoms. The summed E-state index contributed by atoms with van der Waals surface area (Å²) < 4.78 is 11.4. The molecule has 146 valence electrons. The summed E-state index contributed by atoms with van der Waals surface area (Å²) in [5.41, 5.74) is 7.03. The van der Waals surface area contributed by atoms with Gasteiger partial charge >= 0.3 is 6.09 Å². The van der Waals surface area contributed by atoms with Gasteiger partial charge in [-0.05, 0) is 65.4 Å². The molecule has 1 aliphatic heterocycles. The fourth-order valence-corrected chi connectivity index (χ4v) is 3.35. The van der Waals surface area contributed by atoms with E-state index < -0.39 is 5.60 Å². The molecule has 0 aromatic carbocycles. The van der Waals surface area contributed by atoms with Crippen LogP contribution in [0.4, 0.5) is 10.5 Å². The maximum atomic E-state index is 12.3. The highest BCUT2D eigenvalue weighted by atomic mass is 16.6. The second-order valence-corrected chi connectivity index (χ2v) is 8.14. The summed E-state index contributed by atoms with van der Waals surface area (Å²) in [4.78, 5) is 18.4. The number of nitrogens with two attached hydrogens (primary N) is 1. The number of piperidine rings is 1. The number of aromatic nitrogens is 1. The van der Waals surface area contributed by atoms with Crippen molar-refractivity contribution >= 4 is 11.8 Å². The van der Waals surface area contributed by atoms with Gasteiger partial charge in [0.1, 0.15) is 5.60 Å². The average molecular weight is 364 g/mol. The van der Waals surface area contributed by atoms with Crippen molar-refractivity contribution in [3.63, 3.8) is 0 Å². The molecule has 6 nitrogen and oxygen atoms in total. The monoisotopic (exact) mass is 363 g/mol. The van der Waals surface area contributed by atoms with E-state index in [0.717, 1.165) is 37.8 Å². The lowest BCUT2D eigenvalue weighted by Gasteiger charge is -2.38.